The molecule has 0 bridgehead atoms. The van der Waals surface area contributed by atoms with E-state index in [4.69, 9.17) is 4.74 Å². The van der Waals surface area contributed by atoms with Gasteiger partial charge < -0.3 is 35.2 Å². The van der Waals surface area contributed by atoms with Gasteiger partial charge in [0.05, 0.1) is 30.6 Å². The molecule has 1 atom stereocenters. The average Bonchev–Trinajstić information content (AvgIpc) is 3.37. The molecular formula is C33H38F3N5O5. The third-order valence-corrected chi connectivity index (χ3v) is 7.97. The minimum atomic E-state index is -4.47. The number of carboxylic acids is 1. The number of hydrogen-bond acceptors (Lipinski definition) is 7. The fraction of sp³-hybridized carbons (Fsp3) is 0.424. The standard InChI is InChI=1S/C33H38F3N5O5/c1-37-31(43)22-11-12-27(30(19-22)46-2)38-15-6-7-24-20-25-26(8-5-10-28(25)41(24)21-33(34,35)36)39-23-13-16-40(17-14-23)29(32(44)45)9-3-4-18-42/h5,8,10-12,18-20,23,29,38-39H,3-4,9,13-17,21H2,1-2H3,(H,37,43)(H,44,45). The van der Waals surface area contributed by atoms with Crippen molar-refractivity contribution in [3.63, 3.8) is 0 Å². The van der Waals surface area contributed by atoms with Crippen LogP contribution in [0.1, 0.15) is 48.2 Å². The van der Waals surface area contributed by atoms with Crippen molar-refractivity contribution in [3.05, 3.63) is 53.7 Å². The number of carbonyl (C=O) groups is 3. The van der Waals surface area contributed by atoms with Crippen LogP contribution >= 0.6 is 0 Å². The molecule has 1 aliphatic heterocycles. The number of aromatic nitrogens is 1. The van der Waals surface area contributed by atoms with Gasteiger partial charge in [-0.3, -0.25) is 14.5 Å². The third kappa shape index (κ3) is 8.72. The SMILES string of the molecule is CNC(=O)c1ccc(NCC#Cc2cc3c(NC4CCN(C(CCCC=O)C(=O)O)CC4)cccc3n2CC(F)(F)F)c(OC)c1. The van der Waals surface area contributed by atoms with Crippen LogP contribution in [0.2, 0.25) is 0 Å². The maximum Gasteiger partial charge on any atom is 0.406 e. The topological polar surface area (TPSA) is 125 Å². The van der Waals surface area contributed by atoms with Crippen LogP contribution < -0.4 is 20.7 Å². The van der Waals surface area contributed by atoms with Gasteiger partial charge in [-0.25, -0.2) is 0 Å². The number of aldehydes is 1. The number of amides is 1. The lowest BCUT2D eigenvalue weighted by Gasteiger charge is -2.36. The predicted octanol–water partition coefficient (Wildman–Crippen LogP) is 4.73. The molecule has 246 valence electrons. The molecule has 0 saturated carbocycles. The Balaban J connectivity index is 1.50. The zero-order valence-corrected chi connectivity index (χ0v) is 25.7. The van der Waals surface area contributed by atoms with Crippen molar-refractivity contribution in [2.75, 3.05) is 44.4 Å². The van der Waals surface area contributed by atoms with Gasteiger partial charge in [-0.05, 0) is 68.0 Å². The number of carboxylic acid groups (broad SMARTS) is 1. The van der Waals surface area contributed by atoms with E-state index in [-0.39, 0.29) is 24.2 Å². The summed E-state index contributed by atoms with van der Waals surface area (Å²) in [6.45, 7) is -0.00171. The van der Waals surface area contributed by atoms with E-state index in [9.17, 15) is 32.7 Å². The summed E-state index contributed by atoms with van der Waals surface area (Å²) >= 11 is 0. The molecule has 3 aromatic rings. The molecule has 1 aliphatic rings. The van der Waals surface area contributed by atoms with E-state index < -0.39 is 24.7 Å². The fourth-order valence-electron chi connectivity index (χ4n) is 5.69. The van der Waals surface area contributed by atoms with Crippen LogP contribution in [-0.2, 0) is 16.1 Å². The number of unbranched alkanes of at least 4 members (excludes halogenated alkanes) is 1. The molecule has 2 aromatic carbocycles. The van der Waals surface area contributed by atoms with E-state index >= 15 is 0 Å². The van der Waals surface area contributed by atoms with E-state index in [0.717, 1.165) is 10.9 Å². The number of hydrogen-bond donors (Lipinski definition) is 4. The third-order valence-electron chi connectivity index (χ3n) is 7.97. The number of nitrogens with zero attached hydrogens (tertiary/aromatic N) is 2. The van der Waals surface area contributed by atoms with Gasteiger partial charge in [-0.15, -0.1) is 0 Å². The van der Waals surface area contributed by atoms with Crippen molar-refractivity contribution in [2.24, 2.45) is 0 Å². The quantitative estimate of drug-likeness (QED) is 0.120. The van der Waals surface area contributed by atoms with Gasteiger partial charge in [0.25, 0.3) is 5.91 Å². The van der Waals surface area contributed by atoms with Crippen molar-refractivity contribution < 1.29 is 37.4 Å². The monoisotopic (exact) mass is 641 g/mol. The maximum atomic E-state index is 13.7. The van der Waals surface area contributed by atoms with Gasteiger partial charge >= 0.3 is 12.1 Å². The Labute approximate surface area is 265 Å². The number of methoxy groups -OCH3 is 1. The second-order valence-corrected chi connectivity index (χ2v) is 11.0. The van der Waals surface area contributed by atoms with Crippen molar-refractivity contribution >= 4 is 40.4 Å². The number of rotatable bonds is 13. The number of nitrogens with one attached hydrogen (secondary N) is 3. The summed E-state index contributed by atoms with van der Waals surface area (Å²) in [5.74, 6) is 5.04. The van der Waals surface area contributed by atoms with Crippen molar-refractivity contribution in [3.8, 4) is 17.6 Å². The first-order chi connectivity index (χ1) is 22.0. The van der Waals surface area contributed by atoms with Crippen LogP contribution in [0.4, 0.5) is 24.5 Å². The molecule has 0 aliphatic carbocycles. The highest BCUT2D eigenvalue weighted by atomic mass is 19.4. The van der Waals surface area contributed by atoms with Crippen LogP contribution in [0.5, 0.6) is 5.75 Å². The lowest BCUT2D eigenvalue weighted by molar-refractivity contribution is -0.144. The van der Waals surface area contributed by atoms with Crippen molar-refractivity contribution in [1.29, 1.82) is 0 Å². The summed E-state index contributed by atoms with van der Waals surface area (Å²) in [5, 5.41) is 19.4. The molecule has 1 fully saturated rings. The van der Waals surface area contributed by atoms with Gasteiger partial charge in [0.15, 0.2) is 0 Å². The average molecular weight is 642 g/mol. The molecule has 1 saturated heterocycles. The van der Waals surface area contributed by atoms with Crippen LogP contribution in [0.25, 0.3) is 10.9 Å². The highest BCUT2D eigenvalue weighted by molar-refractivity contribution is 5.95. The first-order valence-corrected chi connectivity index (χ1v) is 15.0. The van der Waals surface area contributed by atoms with Crippen LogP contribution in [-0.4, -0.2) is 84.8 Å². The van der Waals surface area contributed by atoms with E-state index in [1.165, 1.54) is 14.2 Å². The van der Waals surface area contributed by atoms with Gasteiger partial charge in [0.2, 0.25) is 0 Å². The molecule has 1 unspecified atom stereocenters. The molecule has 13 heteroatoms. The Hall–Kier alpha value is -4.70. The zero-order chi connectivity index (χ0) is 33.3. The Morgan fingerprint density at radius 1 is 1.15 bits per heavy atom. The number of halogens is 3. The molecule has 2 heterocycles. The summed E-state index contributed by atoms with van der Waals surface area (Å²) in [4.78, 5) is 36.3. The summed E-state index contributed by atoms with van der Waals surface area (Å²) in [7, 11) is 2.99. The molecule has 4 rings (SSSR count). The summed E-state index contributed by atoms with van der Waals surface area (Å²) in [6, 6.07) is 11.0. The highest BCUT2D eigenvalue weighted by Gasteiger charge is 2.31. The molecule has 1 aromatic heterocycles. The minimum Gasteiger partial charge on any atom is -0.495 e. The number of alkyl halides is 3. The minimum absolute atomic E-state index is 0.000686. The number of anilines is 2. The fourth-order valence-corrected chi connectivity index (χ4v) is 5.69. The van der Waals surface area contributed by atoms with Gasteiger partial charge in [0, 0.05) is 49.2 Å². The molecule has 10 nitrogen and oxygen atoms in total. The number of fused-ring (bicyclic) bond motifs is 1. The number of aliphatic carboxylic acids is 1. The smallest absolute Gasteiger partial charge is 0.406 e. The zero-order valence-electron chi connectivity index (χ0n) is 25.7. The van der Waals surface area contributed by atoms with Gasteiger partial charge in [-0.1, -0.05) is 12.0 Å². The normalized spacial score (nSPS) is 14.6. The first kappa shape index (κ1) is 34.2. The summed E-state index contributed by atoms with van der Waals surface area (Å²) in [6.07, 6.45) is -1.13. The molecule has 0 radical (unpaired) electrons. The molecular weight excluding hydrogens is 603 g/mol. The second kappa shape index (κ2) is 15.5. The second-order valence-electron chi connectivity index (χ2n) is 11.0. The predicted molar refractivity (Wildman–Crippen MR) is 169 cm³/mol. The molecule has 4 N–H and O–H groups in total. The lowest BCUT2D eigenvalue weighted by Crippen LogP contribution is -2.48. The van der Waals surface area contributed by atoms with Gasteiger partial charge in [0.1, 0.15) is 24.6 Å². The van der Waals surface area contributed by atoms with E-state index in [1.807, 2.05) is 11.0 Å². The van der Waals surface area contributed by atoms with Crippen LogP contribution in [0.3, 0.4) is 0 Å². The summed E-state index contributed by atoms with van der Waals surface area (Å²) < 4.78 is 47.5. The van der Waals surface area contributed by atoms with E-state index in [1.54, 1.807) is 36.4 Å². The number of ether oxygens (including phenoxy) is 1. The van der Waals surface area contributed by atoms with Crippen molar-refractivity contribution in [1.82, 2.24) is 14.8 Å². The maximum absolute atomic E-state index is 13.7. The first-order valence-electron chi connectivity index (χ1n) is 15.0. The summed E-state index contributed by atoms with van der Waals surface area (Å²) in [5.41, 5.74) is 2.27. The van der Waals surface area contributed by atoms with E-state index in [2.05, 4.69) is 27.8 Å². The van der Waals surface area contributed by atoms with Crippen molar-refractivity contribution in [2.45, 2.75) is 56.9 Å². The number of likely N-dealkylation sites (tertiary alicyclic amines) is 1. The van der Waals surface area contributed by atoms with Gasteiger partial charge in [-0.2, -0.15) is 13.2 Å². The Kier molecular flexibility index (Phi) is 11.5. The molecule has 46 heavy (non-hydrogen) atoms. The number of benzene rings is 2. The molecule has 0 spiro atoms. The lowest BCUT2D eigenvalue weighted by atomic mass is 10.00. The largest absolute Gasteiger partial charge is 0.495 e. The Morgan fingerprint density at radius 3 is 2.57 bits per heavy atom. The number of carbonyl (C=O) groups excluding carboxylic acids is 2. The molecule has 1 amide bonds. The Bertz CT molecular complexity index is 1600. The van der Waals surface area contributed by atoms with Crippen LogP contribution in [0, 0.1) is 11.8 Å². The highest BCUT2D eigenvalue weighted by Crippen LogP contribution is 2.32. The van der Waals surface area contributed by atoms with E-state index in [0.29, 0.717) is 78.8 Å². The van der Waals surface area contributed by atoms with Crippen LogP contribution in [0.15, 0.2) is 42.5 Å². The Morgan fingerprint density at radius 2 is 1.91 bits per heavy atom. The number of piperidine rings is 1.